The highest BCUT2D eigenvalue weighted by molar-refractivity contribution is 5.99. The summed E-state index contributed by atoms with van der Waals surface area (Å²) in [5, 5.41) is 11.6. The van der Waals surface area contributed by atoms with Crippen LogP contribution in [0.15, 0.2) is 53.3 Å². The number of hydrogen-bond acceptors (Lipinski definition) is 3. The summed E-state index contributed by atoms with van der Waals surface area (Å²) in [6.07, 6.45) is -1.53. The van der Waals surface area contributed by atoms with Crippen molar-refractivity contribution in [3.8, 4) is 0 Å². The molecule has 1 saturated carbocycles. The molecule has 170 valence electrons. The molecule has 0 spiro atoms. The maximum atomic E-state index is 13.3. The van der Waals surface area contributed by atoms with E-state index < -0.39 is 17.6 Å². The average Bonchev–Trinajstić information content (AvgIpc) is 3.24. The van der Waals surface area contributed by atoms with E-state index in [-0.39, 0.29) is 28.7 Å². The van der Waals surface area contributed by atoms with Crippen LogP contribution in [0.5, 0.6) is 0 Å². The van der Waals surface area contributed by atoms with Gasteiger partial charge in [-0.3, -0.25) is 9.59 Å². The lowest BCUT2D eigenvalue weighted by atomic mass is 9.82. The highest BCUT2D eigenvalue weighted by atomic mass is 19.4. The number of aromatic amines is 2. The largest absolute Gasteiger partial charge is 0.418 e. The van der Waals surface area contributed by atoms with Crippen molar-refractivity contribution in [1.82, 2.24) is 20.5 Å². The van der Waals surface area contributed by atoms with Crippen LogP contribution in [-0.4, -0.2) is 27.1 Å². The SMILES string of the molecule is O=C(NC1CCC(c2n[nH]c(=O)c3ccccc23)CC1)c1cc2cccc(C(F)(F)F)c2[nH]1. The van der Waals surface area contributed by atoms with Crippen molar-refractivity contribution in [3.05, 3.63) is 75.8 Å². The molecular formula is C24H21F3N4O2. The number of alkyl halides is 3. The van der Waals surface area contributed by atoms with Crippen LogP contribution in [-0.2, 0) is 6.18 Å². The Balaban J connectivity index is 1.29. The minimum Gasteiger partial charge on any atom is -0.350 e. The van der Waals surface area contributed by atoms with Crippen molar-refractivity contribution < 1.29 is 18.0 Å². The second-order valence-corrected chi connectivity index (χ2v) is 8.46. The fourth-order valence-electron chi connectivity index (χ4n) is 4.74. The molecule has 0 atom stereocenters. The van der Waals surface area contributed by atoms with Gasteiger partial charge in [-0.2, -0.15) is 18.3 Å². The first-order chi connectivity index (χ1) is 15.8. The predicted molar refractivity (Wildman–Crippen MR) is 118 cm³/mol. The number of halogens is 3. The lowest BCUT2D eigenvalue weighted by Gasteiger charge is -2.29. The Bertz CT molecular complexity index is 1400. The van der Waals surface area contributed by atoms with Gasteiger partial charge in [0.1, 0.15) is 5.69 Å². The molecular weight excluding hydrogens is 433 g/mol. The molecule has 4 aromatic rings. The summed E-state index contributed by atoms with van der Waals surface area (Å²) in [4.78, 5) is 27.4. The number of fused-ring (bicyclic) bond motifs is 2. The van der Waals surface area contributed by atoms with E-state index in [4.69, 9.17) is 0 Å². The molecule has 33 heavy (non-hydrogen) atoms. The van der Waals surface area contributed by atoms with Gasteiger partial charge in [-0.25, -0.2) is 5.10 Å². The summed E-state index contributed by atoms with van der Waals surface area (Å²) in [5.41, 5.74) is -0.139. The summed E-state index contributed by atoms with van der Waals surface area (Å²) in [6.45, 7) is 0. The number of rotatable bonds is 3. The lowest BCUT2D eigenvalue weighted by Crippen LogP contribution is -2.37. The number of para-hydroxylation sites is 1. The van der Waals surface area contributed by atoms with Crippen LogP contribution >= 0.6 is 0 Å². The molecule has 3 N–H and O–H groups in total. The number of aromatic nitrogens is 3. The second-order valence-electron chi connectivity index (χ2n) is 8.46. The quantitative estimate of drug-likeness (QED) is 0.412. The monoisotopic (exact) mass is 454 g/mol. The second kappa shape index (κ2) is 8.06. The van der Waals surface area contributed by atoms with E-state index in [1.165, 1.54) is 12.1 Å². The molecule has 0 bridgehead atoms. The zero-order valence-corrected chi connectivity index (χ0v) is 17.5. The number of amides is 1. The topological polar surface area (TPSA) is 90.6 Å². The molecule has 1 amide bonds. The number of nitrogens with zero attached hydrogens (tertiary/aromatic N) is 1. The average molecular weight is 454 g/mol. The van der Waals surface area contributed by atoms with Crippen molar-refractivity contribution in [2.24, 2.45) is 0 Å². The van der Waals surface area contributed by atoms with Gasteiger partial charge in [-0.05, 0) is 43.9 Å². The van der Waals surface area contributed by atoms with E-state index in [9.17, 15) is 22.8 Å². The third-order valence-corrected chi connectivity index (χ3v) is 6.38. The summed E-state index contributed by atoms with van der Waals surface area (Å²) in [7, 11) is 0. The van der Waals surface area contributed by atoms with Gasteiger partial charge in [-0.1, -0.05) is 30.3 Å². The Morgan fingerprint density at radius 3 is 2.45 bits per heavy atom. The molecule has 1 aliphatic rings. The molecule has 9 heteroatoms. The van der Waals surface area contributed by atoms with Crippen molar-refractivity contribution in [3.63, 3.8) is 0 Å². The van der Waals surface area contributed by atoms with Crippen molar-refractivity contribution >= 4 is 27.6 Å². The Kier molecular flexibility index (Phi) is 5.19. The van der Waals surface area contributed by atoms with Gasteiger partial charge in [0.2, 0.25) is 0 Å². The molecule has 1 aliphatic carbocycles. The third kappa shape index (κ3) is 3.99. The van der Waals surface area contributed by atoms with Crippen LogP contribution in [0.25, 0.3) is 21.7 Å². The van der Waals surface area contributed by atoms with Gasteiger partial charge in [0, 0.05) is 22.7 Å². The highest BCUT2D eigenvalue weighted by Gasteiger charge is 2.33. The number of benzene rings is 2. The summed E-state index contributed by atoms with van der Waals surface area (Å²) in [6, 6.07) is 12.6. The molecule has 2 heterocycles. The maximum Gasteiger partial charge on any atom is 0.418 e. The minimum absolute atomic E-state index is 0.0868. The first-order valence-electron chi connectivity index (χ1n) is 10.8. The number of H-pyrrole nitrogens is 2. The van der Waals surface area contributed by atoms with Gasteiger partial charge >= 0.3 is 6.18 Å². The zero-order chi connectivity index (χ0) is 23.2. The molecule has 1 fully saturated rings. The fourth-order valence-corrected chi connectivity index (χ4v) is 4.74. The normalized spacial score (nSPS) is 19.1. The van der Waals surface area contributed by atoms with Gasteiger partial charge in [0.05, 0.1) is 22.2 Å². The number of carbonyl (C=O) groups is 1. The van der Waals surface area contributed by atoms with E-state index in [2.05, 4.69) is 20.5 Å². The molecule has 6 nitrogen and oxygen atoms in total. The van der Waals surface area contributed by atoms with E-state index in [1.807, 2.05) is 18.2 Å². The van der Waals surface area contributed by atoms with Crippen molar-refractivity contribution in [1.29, 1.82) is 0 Å². The fraction of sp³-hybridized carbons (Fsp3) is 0.292. The molecule has 0 saturated heterocycles. The van der Waals surface area contributed by atoms with E-state index >= 15 is 0 Å². The van der Waals surface area contributed by atoms with Gasteiger partial charge in [0.25, 0.3) is 11.5 Å². The Hall–Kier alpha value is -3.62. The van der Waals surface area contributed by atoms with Crippen molar-refractivity contribution in [2.75, 3.05) is 0 Å². The number of hydrogen-bond donors (Lipinski definition) is 3. The third-order valence-electron chi connectivity index (χ3n) is 6.38. The summed E-state index contributed by atoms with van der Waals surface area (Å²) >= 11 is 0. The van der Waals surface area contributed by atoms with Crippen LogP contribution < -0.4 is 10.9 Å². The van der Waals surface area contributed by atoms with Gasteiger partial charge in [0.15, 0.2) is 0 Å². The van der Waals surface area contributed by atoms with Crippen LogP contribution in [0.1, 0.15) is 53.3 Å². The molecule has 0 radical (unpaired) electrons. The first kappa shape index (κ1) is 21.2. The van der Waals surface area contributed by atoms with Crippen LogP contribution in [0.3, 0.4) is 0 Å². The highest BCUT2D eigenvalue weighted by Crippen LogP contribution is 2.36. The van der Waals surface area contributed by atoms with Crippen LogP contribution in [0.4, 0.5) is 13.2 Å². The standard InChI is InChI=1S/C24H21F3N4O2/c25-24(26,27)18-7-3-4-14-12-19(29-21(14)18)23(33)28-15-10-8-13(9-11-15)20-16-5-1-2-6-17(16)22(32)31-30-20/h1-7,12-13,15,29H,8-11H2,(H,28,33)(H,31,32). The summed E-state index contributed by atoms with van der Waals surface area (Å²) in [5.74, 6) is -0.266. The first-order valence-corrected chi connectivity index (χ1v) is 10.8. The molecule has 2 aromatic carbocycles. The predicted octanol–water partition coefficient (Wildman–Crippen LogP) is 4.88. The van der Waals surface area contributed by atoms with Crippen LogP contribution in [0.2, 0.25) is 0 Å². The molecule has 5 rings (SSSR count). The Morgan fingerprint density at radius 1 is 1.00 bits per heavy atom. The van der Waals surface area contributed by atoms with E-state index in [1.54, 1.807) is 12.1 Å². The van der Waals surface area contributed by atoms with E-state index in [0.717, 1.165) is 30.0 Å². The lowest BCUT2D eigenvalue weighted by molar-refractivity contribution is -0.136. The van der Waals surface area contributed by atoms with Crippen molar-refractivity contribution in [2.45, 2.75) is 43.8 Å². The zero-order valence-electron chi connectivity index (χ0n) is 17.5. The molecule has 0 aliphatic heterocycles. The van der Waals surface area contributed by atoms with E-state index in [0.29, 0.717) is 23.6 Å². The minimum atomic E-state index is -4.50. The smallest absolute Gasteiger partial charge is 0.350 e. The summed E-state index contributed by atoms with van der Waals surface area (Å²) < 4.78 is 39.8. The molecule has 0 unspecified atom stereocenters. The number of nitrogens with one attached hydrogen (secondary N) is 3. The van der Waals surface area contributed by atoms with Gasteiger partial charge < -0.3 is 10.3 Å². The van der Waals surface area contributed by atoms with Gasteiger partial charge in [-0.15, -0.1) is 0 Å². The Morgan fingerprint density at radius 2 is 1.73 bits per heavy atom. The van der Waals surface area contributed by atoms with Crippen LogP contribution in [0, 0.1) is 0 Å². The number of carbonyl (C=O) groups excluding carboxylic acids is 1. The maximum absolute atomic E-state index is 13.3. The molecule has 2 aromatic heterocycles. The Labute approximate surface area is 186 Å².